The lowest BCUT2D eigenvalue weighted by molar-refractivity contribution is 0.158. The molecule has 0 bridgehead atoms. The monoisotopic (exact) mass is 325 g/mol. The van der Waals surface area contributed by atoms with Crippen molar-refractivity contribution >= 4 is 11.7 Å². The van der Waals surface area contributed by atoms with Crippen LogP contribution in [0.4, 0.5) is 19.3 Å². The number of carbonyl (C=O) groups is 1. The smallest absolute Gasteiger partial charge is 0.321 e. The molecule has 1 fully saturated rings. The molecule has 23 heavy (non-hydrogen) atoms. The van der Waals surface area contributed by atoms with Gasteiger partial charge in [-0.25, -0.2) is 13.6 Å². The van der Waals surface area contributed by atoms with Gasteiger partial charge in [0.25, 0.3) is 0 Å². The zero-order valence-electron chi connectivity index (χ0n) is 13.8. The molecule has 0 spiro atoms. The van der Waals surface area contributed by atoms with E-state index < -0.39 is 11.6 Å². The van der Waals surface area contributed by atoms with Gasteiger partial charge in [0.2, 0.25) is 0 Å². The van der Waals surface area contributed by atoms with Crippen LogP contribution in [0, 0.1) is 17.6 Å². The Bertz CT molecular complexity index is 527. The molecule has 2 rings (SSSR count). The summed E-state index contributed by atoms with van der Waals surface area (Å²) >= 11 is 0. The zero-order valence-corrected chi connectivity index (χ0v) is 13.8. The number of likely N-dealkylation sites (tertiary alicyclic amines) is 1. The van der Waals surface area contributed by atoms with Crippen molar-refractivity contribution in [1.29, 1.82) is 0 Å². The van der Waals surface area contributed by atoms with Crippen molar-refractivity contribution in [2.45, 2.75) is 26.7 Å². The van der Waals surface area contributed by atoms with Crippen molar-refractivity contribution in [2.24, 2.45) is 5.92 Å². The van der Waals surface area contributed by atoms with Gasteiger partial charge in [0.1, 0.15) is 11.6 Å². The summed E-state index contributed by atoms with van der Waals surface area (Å²) in [6, 6.07) is 2.83. The van der Waals surface area contributed by atoms with E-state index in [1.54, 1.807) is 4.90 Å². The number of piperidine rings is 1. The minimum atomic E-state index is -0.755. The number of benzene rings is 1. The van der Waals surface area contributed by atoms with Crippen LogP contribution >= 0.6 is 0 Å². The lowest BCUT2D eigenvalue weighted by Gasteiger charge is -2.34. The third-order valence-corrected chi connectivity index (χ3v) is 4.49. The Hall–Kier alpha value is -1.69. The Labute approximate surface area is 136 Å². The van der Waals surface area contributed by atoms with Gasteiger partial charge < -0.3 is 15.1 Å². The molecule has 6 heteroatoms. The van der Waals surface area contributed by atoms with Crippen LogP contribution in [0.1, 0.15) is 26.7 Å². The van der Waals surface area contributed by atoms with Crippen LogP contribution in [0.3, 0.4) is 0 Å². The summed E-state index contributed by atoms with van der Waals surface area (Å²) in [6.07, 6.45) is 1.91. The first kappa shape index (κ1) is 17.7. The van der Waals surface area contributed by atoms with Crippen molar-refractivity contribution in [3.8, 4) is 0 Å². The molecule has 1 heterocycles. The molecule has 1 N–H and O–H groups in total. The first-order valence-electron chi connectivity index (χ1n) is 8.26. The fourth-order valence-corrected chi connectivity index (χ4v) is 2.95. The van der Waals surface area contributed by atoms with Crippen molar-refractivity contribution in [3.05, 3.63) is 29.8 Å². The van der Waals surface area contributed by atoms with E-state index in [4.69, 9.17) is 0 Å². The van der Waals surface area contributed by atoms with Crippen LogP contribution in [0.5, 0.6) is 0 Å². The maximum Gasteiger partial charge on any atom is 0.321 e. The molecular weight excluding hydrogens is 300 g/mol. The molecule has 1 aromatic carbocycles. The van der Waals surface area contributed by atoms with E-state index in [9.17, 15) is 13.6 Å². The molecule has 0 atom stereocenters. The summed E-state index contributed by atoms with van der Waals surface area (Å²) in [7, 11) is 0. The fraction of sp³-hybridized carbons (Fsp3) is 0.588. The number of hydrogen-bond donors (Lipinski definition) is 1. The predicted octanol–water partition coefficient (Wildman–Crippen LogP) is 3.55. The number of nitrogens with one attached hydrogen (secondary N) is 1. The Morgan fingerprint density at radius 1 is 1.26 bits per heavy atom. The minimum absolute atomic E-state index is 0.0154. The lowest BCUT2D eigenvalue weighted by atomic mass is 9.96. The molecule has 1 aliphatic heterocycles. The van der Waals surface area contributed by atoms with Gasteiger partial charge in [0.05, 0.1) is 5.69 Å². The third-order valence-electron chi connectivity index (χ3n) is 4.49. The van der Waals surface area contributed by atoms with Gasteiger partial charge in [-0.3, -0.25) is 0 Å². The Morgan fingerprint density at radius 3 is 2.48 bits per heavy atom. The zero-order chi connectivity index (χ0) is 16.8. The van der Waals surface area contributed by atoms with E-state index in [1.807, 2.05) is 0 Å². The van der Waals surface area contributed by atoms with Crippen molar-refractivity contribution in [2.75, 3.05) is 38.0 Å². The Morgan fingerprint density at radius 2 is 1.91 bits per heavy atom. The second kappa shape index (κ2) is 8.24. The first-order valence-corrected chi connectivity index (χ1v) is 8.26. The SMILES string of the molecule is CCN(CC)CC1CCN(C(=O)Nc2ccc(F)cc2F)CC1. The van der Waals surface area contributed by atoms with Gasteiger partial charge in [0, 0.05) is 25.7 Å². The summed E-state index contributed by atoms with van der Waals surface area (Å²) in [5.74, 6) is -0.811. The number of amides is 2. The van der Waals surface area contributed by atoms with Crippen LogP contribution < -0.4 is 5.32 Å². The summed E-state index contributed by atoms with van der Waals surface area (Å²) in [5.41, 5.74) is 0.0154. The summed E-state index contributed by atoms with van der Waals surface area (Å²) in [5, 5.41) is 2.52. The number of hydrogen-bond acceptors (Lipinski definition) is 2. The molecule has 1 saturated heterocycles. The molecule has 0 saturated carbocycles. The van der Waals surface area contributed by atoms with Gasteiger partial charge in [0.15, 0.2) is 0 Å². The molecule has 0 aliphatic carbocycles. The minimum Gasteiger partial charge on any atom is -0.325 e. The van der Waals surface area contributed by atoms with Crippen LogP contribution in [-0.4, -0.2) is 48.6 Å². The first-order chi connectivity index (χ1) is 11.0. The lowest BCUT2D eigenvalue weighted by Crippen LogP contribution is -2.43. The van der Waals surface area contributed by atoms with E-state index in [1.165, 1.54) is 6.07 Å². The van der Waals surface area contributed by atoms with Crippen molar-refractivity contribution in [3.63, 3.8) is 0 Å². The molecule has 1 aliphatic rings. The molecule has 4 nitrogen and oxygen atoms in total. The molecule has 0 unspecified atom stereocenters. The number of anilines is 1. The van der Waals surface area contributed by atoms with E-state index in [2.05, 4.69) is 24.1 Å². The number of halogens is 2. The Kier molecular flexibility index (Phi) is 6.33. The van der Waals surface area contributed by atoms with E-state index >= 15 is 0 Å². The predicted molar refractivity (Wildman–Crippen MR) is 87.5 cm³/mol. The van der Waals surface area contributed by atoms with Gasteiger partial charge >= 0.3 is 6.03 Å². The maximum absolute atomic E-state index is 13.6. The second-order valence-corrected chi connectivity index (χ2v) is 5.97. The van der Waals surface area contributed by atoms with Gasteiger partial charge in [-0.05, 0) is 44.0 Å². The highest BCUT2D eigenvalue weighted by Crippen LogP contribution is 2.20. The molecule has 2 amide bonds. The largest absolute Gasteiger partial charge is 0.325 e. The summed E-state index contributed by atoms with van der Waals surface area (Å²) in [4.78, 5) is 16.3. The average molecular weight is 325 g/mol. The van der Waals surface area contributed by atoms with Crippen LogP contribution in [0.2, 0.25) is 0 Å². The van der Waals surface area contributed by atoms with E-state index in [-0.39, 0.29) is 11.7 Å². The highest BCUT2D eigenvalue weighted by molar-refractivity contribution is 5.89. The van der Waals surface area contributed by atoms with Crippen LogP contribution in [0.15, 0.2) is 18.2 Å². The van der Waals surface area contributed by atoms with E-state index in [0.29, 0.717) is 19.0 Å². The average Bonchev–Trinajstić information content (AvgIpc) is 2.55. The molecule has 1 aromatic rings. The molecular formula is C17H25F2N3O. The number of rotatable bonds is 5. The van der Waals surface area contributed by atoms with Crippen molar-refractivity contribution in [1.82, 2.24) is 9.80 Å². The molecule has 0 aromatic heterocycles. The topological polar surface area (TPSA) is 35.6 Å². The fourth-order valence-electron chi connectivity index (χ4n) is 2.95. The maximum atomic E-state index is 13.6. The number of carbonyl (C=O) groups excluding carboxylic acids is 1. The quantitative estimate of drug-likeness (QED) is 0.898. The van der Waals surface area contributed by atoms with Gasteiger partial charge in [-0.15, -0.1) is 0 Å². The van der Waals surface area contributed by atoms with Crippen LogP contribution in [0.25, 0.3) is 0 Å². The van der Waals surface area contributed by atoms with Crippen LogP contribution in [-0.2, 0) is 0 Å². The molecule has 0 radical (unpaired) electrons. The van der Waals surface area contributed by atoms with Gasteiger partial charge in [-0.2, -0.15) is 0 Å². The number of nitrogens with zero attached hydrogens (tertiary/aromatic N) is 2. The molecule has 128 valence electrons. The van der Waals surface area contributed by atoms with Crippen molar-refractivity contribution < 1.29 is 13.6 Å². The standard InChI is InChI=1S/C17H25F2N3O/c1-3-21(4-2)12-13-7-9-22(10-8-13)17(23)20-16-6-5-14(18)11-15(16)19/h5-6,11,13H,3-4,7-10,12H2,1-2H3,(H,20,23). The normalized spacial score (nSPS) is 16.0. The number of urea groups is 1. The highest BCUT2D eigenvalue weighted by Gasteiger charge is 2.24. The van der Waals surface area contributed by atoms with Gasteiger partial charge in [-0.1, -0.05) is 13.8 Å². The second-order valence-electron chi connectivity index (χ2n) is 5.97. The van der Waals surface area contributed by atoms with E-state index in [0.717, 1.165) is 44.6 Å². The summed E-state index contributed by atoms with van der Waals surface area (Å²) < 4.78 is 26.5. The highest BCUT2D eigenvalue weighted by atomic mass is 19.1. The summed E-state index contributed by atoms with van der Waals surface area (Å²) in [6.45, 7) is 8.80. The third kappa shape index (κ3) is 4.89. The Balaban J connectivity index is 1.83.